The maximum absolute atomic E-state index is 12.4. The Hall–Kier alpha value is -1.68. The van der Waals surface area contributed by atoms with Crippen LogP contribution in [0.1, 0.15) is 60.5 Å². The van der Waals surface area contributed by atoms with E-state index in [-0.39, 0.29) is 30.6 Å². The Morgan fingerprint density at radius 3 is 2.58 bits per heavy atom. The van der Waals surface area contributed by atoms with Crippen molar-refractivity contribution in [2.75, 3.05) is 13.1 Å². The Morgan fingerprint density at radius 2 is 1.88 bits per heavy atom. The normalized spacial score (nSPS) is 19.2. The van der Waals surface area contributed by atoms with Gasteiger partial charge in [0.2, 0.25) is 5.91 Å². The molecule has 1 aliphatic carbocycles. The lowest BCUT2D eigenvalue weighted by atomic mass is 9.92. The number of piperidine rings is 1. The number of hydrogen-bond donors (Lipinski definition) is 1. The second-order valence-electron chi connectivity index (χ2n) is 7.22. The van der Waals surface area contributed by atoms with Crippen molar-refractivity contribution >= 4 is 11.7 Å². The van der Waals surface area contributed by atoms with Crippen LogP contribution < -0.4 is 0 Å². The molecule has 0 spiro atoms. The van der Waals surface area contributed by atoms with E-state index >= 15 is 0 Å². The summed E-state index contributed by atoms with van der Waals surface area (Å²) in [6.07, 6.45) is 5.32. The molecule has 1 aromatic carbocycles. The van der Waals surface area contributed by atoms with Crippen LogP contribution in [0.15, 0.2) is 18.2 Å². The molecule has 1 aromatic rings. The van der Waals surface area contributed by atoms with Gasteiger partial charge >= 0.3 is 0 Å². The predicted molar refractivity (Wildman–Crippen MR) is 93.0 cm³/mol. The van der Waals surface area contributed by atoms with Gasteiger partial charge in [0.25, 0.3) is 0 Å². The van der Waals surface area contributed by atoms with Crippen LogP contribution in [-0.4, -0.2) is 40.9 Å². The van der Waals surface area contributed by atoms with E-state index in [1.165, 1.54) is 17.5 Å². The molecule has 130 valence electrons. The summed E-state index contributed by atoms with van der Waals surface area (Å²) in [5.41, 5.74) is 3.41. The number of aryl methyl sites for hydroxylation is 2. The van der Waals surface area contributed by atoms with Crippen LogP contribution in [0.25, 0.3) is 0 Å². The van der Waals surface area contributed by atoms with Crippen molar-refractivity contribution in [1.29, 1.82) is 0 Å². The van der Waals surface area contributed by atoms with Gasteiger partial charge < -0.3 is 10.0 Å². The molecule has 4 heteroatoms. The van der Waals surface area contributed by atoms with Gasteiger partial charge in [-0.25, -0.2) is 0 Å². The van der Waals surface area contributed by atoms with Crippen LogP contribution in [0.2, 0.25) is 0 Å². The maximum atomic E-state index is 12.4. The van der Waals surface area contributed by atoms with E-state index in [4.69, 9.17) is 0 Å². The molecule has 1 atom stereocenters. The molecule has 0 saturated carbocycles. The highest BCUT2D eigenvalue weighted by molar-refractivity contribution is 5.98. The number of aliphatic hydroxyl groups is 1. The second-order valence-corrected chi connectivity index (χ2v) is 7.22. The van der Waals surface area contributed by atoms with Crippen LogP contribution in [0.5, 0.6) is 0 Å². The number of fused-ring (bicyclic) bond motifs is 1. The van der Waals surface area contributed by atoms with Crippen LogP contribution in [0, 0.1) is 5.92 Å². The molecule has 24 heavy (non-hydrogen) atoms. The number of rotatable bonds is 5. The molecule has 1 saturated heterocycles. The molecule has 0 aromatic heterocycles. The number of benzene rings is 1. The summed E-state index contributed by atoms with van der Waals surface area (Å²) in [4.78, 5) is 26.5. The smallest absolute Gasteiger partial charge is 0.223 e. The molecule has 0 radical (unpaired) electrons. The highest BCUT2D eigenvalue weighted by Gasteiger charge is 2.25. The van der Waals surface area contributed by atoms with Crippen molar-refractivity contribution in [2.24, 2.45) is 5.92 Å². The third kappa shape index (κ3) is 3.86. The van der Waals surface area contributed by atoms with Crippen molar-refractivity contribution in [3.05, 3.63) is 34.9 Å². The zero-order chi connectivity index (χ0) is 17.1. The molecule has 1 N–H and O–H groups in total. The van der Waals surface area contributed by atoms with E-state index < -0.39 is 0 Å². The van der Waals surface area contributed by atoms with Gasteiger partial charge in [-0.1, -0.05) is 12.1 Å². The number of likely N-dealkylation sites (tertiary alicyclic amines) is 1. The minimum absolute atomic E-state index is 0.0635. The number of carbonyl (C=O) groups excluding carboxylic acids is 2. The van der Waals surface area contributed by atoms with E-state index in [0.717, 1.165) is 31.2 Å². The SMILES string of the molecule is CC(O)C1CCN(C(=O)CCC(=O)c2ccc3c(c2)CCC3)CC1. The highest BCUT2D eigenvalue weighted by atomic mass is 16.3. The number of hydrogen-bond acceptors (Lipinski definition) is 3. The molecule has 1 amide bonds. The van der Waals surface area contributed by atoms with Gasteiger partial charge in [0.1, 0.15) is 0 Å². The third-order valence-electron chi connectivity index (χ3n) is 5.56. The largest absolute Gasteiger partial charge is 0.393 e. The van der Waals surface area contributed by atoms with Crippen LogP contribution in [0.4, 0.5) is 0 Å². The summed E-state index contributed by atoms with van der Waals surface area (Å²) in [6.45, 7) is 3.21. The summed E-state index contributed by atoms with van der Waals surface area (Å²) in [5.74, 6) is 0.424. The number of aliphatic hydroxyl groups excluding tert-OH is 1. The minimum atomic E-state index is -0.302. The van der Waals surface area contributed by atoms with E-state index in [2.05, 4.69) is 6.07 Å². The molecule has 0 bridgehead atoms. The van der Waals surface area contributed by atoms with Crippen LogP contribution in [0.3, 0.4) is 0 Å². The minimum Gasteiger partial charge on any atom is -0.393 e. The van der Waals surface area contributed by atoms with Gasteiger partial charge in [0, 0.05) is 31.5 Å². The lowest BCUT2D eigenvalue weighted by Gasteiger charge is -2.33. The molecular weight excluding hydrogens is 302 g/mol. The van der Waals surface area contributed by atoms with E-state index in [1.807, 2.05) is 24.0 Å². The summed E-state index contributed by atoms with van der Waals surface area (Å²) in [7, 11) is 0. The molecule has 1 fully saturated rings. The average Bonchev–Trinajstić information content (AvgIpc) is 3.07. The zero-order valence-electron chi connectivity index (χ0n) is 14.5. The summed E-state index contributed by atoms with van der Waals surface area (Å²) >= 11 is 0. The van der Waals surface area contributed by atoms with Crippen LogP contribution >= 0.6 is 0 Å². The first-order valence-corrected chi connectivity index (χ1v) is 9.15. The van der Waals surface area contributed by atoms with E-state index in [0.29, 0.717) is 19.0 Å². The summed E-state index contributed by atoms with van der Waals surface area (Å²) < 4.78 is 0. The van der Waals surface area contributed by atoms with Crippen molar-refractivity contribution in [3.63, 3.8) is 0 Å². The van der Waals surface area contributed by atoms with Gasteiger partial charge in [-0.3, -0.25) is 9.59 Å². The van der Waals surface area contributed by atoms with Crippen molar-refractivity contribution in [3.8, 4) is 0 Å². The highest BCUT2D eigenvalue weighted by Crippen LogP contribution is 2.24. The standard InChI is InChI=1S/C20H27NO3/c1-14(22)15-9-11-21(12-10-15)20(24)8-7-19(23)18-6-5-16-3-2-4-17(16)13-18/h5-6,13-15,22H,2-4,7-12H2,1H3. The lowest BCUT2D eigenvalue weighted by molar-refractivity contribution is -0.133. The van der Waals surface area contributed by atoms with Gasteiger partial charge in [-0.2, -0.15) is 0 Å². The van der Waals surface area contributed by atoms with Crippen molar-refractivity contribution < 1.29 is 14.7 Å². The molecule has 3 rings (SSSR count). The zero-order valence-corrected chi connectivity index (χ0v) is 14.5. The third-order valence-corrected chi connectivity index (χ3v) is 5.56. The monoisotopic (exact) mass is 329 g/mol. The topological polar surface area (TPSA) is 57.6 Å². The first-order valence-electron chi connectivity index (χ1n) is 9.15. The summed E-state index contributed by atoms with van der Waals surface area (Å²) in [5, 5.41) is 9.62. The molecular formula is C20H27NO3. The fourth-order valence-electron chi connectivity index (χ4n) is 3.90. The molecule has 1 unspecified atom stereocenters. The first kappa shape index (κ1) is 17.2. The molecule has 4 nitrogen and oxygen atoms in total. The predicted octanol–water partition coefficient (Wildman–Crippen LogP) is 2.76. The molecule has 1 heterocycles. The van der Waals surface area contributed by atoms with Gasteiger partial charge in [-0.15, -0.1) is 0 Å². The number of amides is 1. The van der Waals surface area contributed by atoms with Crippen molar-refractivity contribution in [1.82, 2.24) is 4.90 Å². The molecule has 2 aliphatic rings. The maximum Gasteiger partial charge on any atom is 0.223 e. The average molecular weight is 329 g/mol. The number of nitrogens with zero attached hydrogens (tertiary/aromatic N) is 1. The first-order chi connectivity index (χ1) is 11.5. The Kier molecular flexibility index (Phi) is 5.34. The fourth-order valence-corrected chi connectivity index (χ4v) is 3.90. The number of Topliss-reactive ketones (excluding diaryl/α,β-unsaturated/α-hetero) is 1. The van der Waals surface area contributed by atoms with E-state index in [1.54, 1.807) is 0 Å². The van der Waals surface area contributed by atoms with Gasteiger partial charge in [0.15, 0.2) is 5.78 Å². The Labute approximate surface area is 143 Å². The van der Waals surface area contributed by atoms with Crippen molar-refractivity contribution in [2.45, 2.75) is 58.0 Å². The number of ketones is 1. The lowest BCUT2D eigenvalue weighted by Crippen LogP contribution is -2.40. The van der Waals surface area contributed by atoms with Gasteiger partial charge in [-0.05, 0) is 62.1 Å². The van der Waals surface area contributed by atoms with Gasteiger partial charge in [0.05, 0.1) is 6.10 Å². The fraction of sp³-hybridized carbons (Fsp3) is 0.600. The number of carbonyl (C=O) groups is 2. The van der Waals surface area contributed by atoms with Crippen LogP contribution in [-0.2, 0) is 17.6 Å². The molecule has 1 aliphatic heterocycles. The summed E-state index contributed by atoms with van der Waals surface area (Å²) in [6, 6.07) is 5.99. The second kappa shape index (κ2) is 7.47. The Morgan fingerprint density at radius 1 is 1.17 bits per heavy atom. The van der Waals surface area contributed by atoms with E-state index in [9.17, 15) is 14.7 Å². The Bertz CT molecular complexity index is 615. The Balaban J connectivity index is 1.49. The quantitative estimate of drug-likeness (QED) is 0.845.